The topological polar surface area (TPSA) is 100 Å². The van der Waals surface area contributed by atoms with Crippen LogP contribution < -0.4 is 0 Å². The molecule has 3 aliphatic rings. The molecular weight excluding hydrogens is 1340 g/mol. The first-order chi connectivity index (χ1) is 54.1. The van der Waals surface area contributed by atoms with Gasteiger partial charge in [-0.05, 0) is 187 Å². The first-order valence-corrected chi connectivity index (χ1v) is 37.6. The second-order valence-corrected chi connectivity index (χ2v) is 30.2. The zero-order chi connectivity index (χ0) is 72.7. The van der Waals surface area contributed by atoms with Gasteiger partial charge in [0, 0.05) is 82.2 Å². The second-order valence-electron chi connectivity index (χ2n) is 30.2. The van der Waals surface area contributed by atoms with Crippen molar-refractivity contribution in [1.29, 1.82) is 0 Å². The number of benzene rings is 15. The Balaban J connectivity index is 0.684. The Morgan fingerprint density at radius 3 is 1.40 bits per heavy atom. The van der Waals surface area contributed by atoms with Crippen LogP contribution in [0.3, 0.4) is 0 Å². The molecule has 0 amide bonds. The van der Waals surface area contributed by atoms with Crippen LogP contribution in [0.4, 0.5) is 0 Å². The molecule has 0 radical (unpaired) electrons. The van der Waals surface area contributed by atoms with E-state index in [1.54, 1.807) is 0 Å². The minimum Gasteiger partial charge on any atom is -0.456 e. The van der Waals surface area contributed by atoms with E-state index in [1.165, 1.54) is 66.2 Å². The number of rotatable bonds is 8. The Morgan fingerprint density at radius 1 is 0.245 bits per heavy atom. The lowest BCUT2D eigenvalue weighted by molar-refractivity contribution is 0.661. The van der Waals surface area contributed by atoms with Gasteiger partial charge in [0.25, 0.3) is 0 Å². The summed E-state index contributed by atoms with van der Waals surface area (Å²) in [4.78, 5) is 32.2. The van der Waals surface area contributed by atoms with E-state index < -0.39 is 5.41 Å². The maximum atomic E-state index is 6.58. The Kier molecular flexibility index (Phi) is 13.2. The number of furan rings is 1. The number of para-hydroxylation sites is 3. The van der Waals surface area contributed by atoms with Crippen molar-refractivity contribution >= 4 is 65.6 Å². The molecule has 9 nitrogen and oxygen atoms in total. The van der Waals surface area contributed by atoms with Crippen LogP contribution in [0.5, 0.6) is 0 Å². The van der Waals surface area contributed by atoms with Crippen molar-refractivity contribution in [3.05, 3.63) is 361 Å². The largest absolute Gasteiger partial charge is 0.456 e. The van der Waals surface area contributed by atoms with Crippen molar-refractivity contribution in [3.8, 4) is 135 Å². The van der Waals surface area contributed by atoms with E-state index in [0.29, 0.717) is 34.9 Å². The highest BCUT2D eigenvalue weighted by molar-refractivity contribution is 6.15. The molecule has 1 aliphatic heterocycles. The average molecular weight is 1410 g/mol. The molecule has 9 heteroatoms. The lowest BCUT2D eigenvalue weighted by Crippen LogP contribution is -2.22. The molecule has 1 unspecified atom stereocenters. The van der Waals surface area contributed by atoms with Crippen molar-refractivity contribution < 1.29 is 4.42 Å². The summed E-state index contributed by atoms with van der Waals surface area (Å²) in [6.45, 7) is 7.16. The summed E-state index contributed by atoms with van der Waals surface area (Å²) in [6.07, 6.45) is 0. The maximum absolute atomic E-state index is 6.58. The molecule has 0 fully saturated rings. The summed E-state index contributed by atoms with van der Waals surface area (Å²) < 4.78 is 11.5. The molecule has 0 saturated heterocycles. The highest BCUT2D eigenvalue weighted by Crippen LogP contribution is 2.57. The van der Waals surface area contributed by atoms with Gasteiger partial charge in [0.2, 0.25) is 0 Å². The van der Waals surface area contributed by atoms with Crippen LogP contribution in [0, 0.1) is 0 Å². The quantitative estimate of drug-likeness (QED) is 0.149. The lowest BCUT2D eigenvalue weighted by atomic mass is 9.74. The van der Waals surface area contributed by atoms with Crippen LogP contribution in [-0.2, 0) is 10.8 Å². The van der Waals surface area contributed by atoms with Crippen LogP contribution >= 0.6 is 0 Å². The van der Waals surface area contributed by atoms with E-state index in [4.69, 9.17) is 34.3 Å². The van der Waals surface area contributed by atoms with Crippen molar-refractivity contribution in [3.63, 3.8) is 0 Å². The first-order valence-electron chi connectivity index (χ1n) is 37.6. The van der Waals surface area contributed by atoms with E-state index in [0.717, 1.165) is 128 Å². The Labute approximate surface area is 633 Å². The van der Waals surface area contributed by atoms with Crippen molar-refractivity contribution in [2.45, 2.75) is 31.6 Å². The van der Waals surface area contributed by atoms with Gasteiger partial charge in [-0.25, -0.2) is 29.9 Å². The number of fused-ring (bicyclic) bond motifs is 24. The fourth-order valence-electron chi connectivity index (χ4n) is 18.4. The van der Waals surface area contributed by atoms with Gasteiger partial charge < -0.3 is 13.6 Å². The van der Waals surface area contributed by atoms with Crippen LogP contribution in [0.1, 0.15) is 48.6 Å². The minimum atomic E-state index is -0.480. The van der Waals surface area contributed by atoms with E-state index in [9.17, 15) is 0 Å². The third-order valence-corrected chi connectivity index (χ3v) is 23.8. The van der Waals surface area contributed by atoms with Crippen LogP contribution in [0.15, 0.2) is 338 Å². The molecule has 23 rings (SSSR count). The van der Waals surface area contributed by atoms with Crippen molar-refractivity contribution in [2.24, 2.45) is 0 Å². The van der Waals surface area contributed by atoms with E-state index >= 15 is 0 Å². The molecule has 2 aliphatic carbocycles. The lowest BCUT2D eigenvalue weighted by Gasteiger charge is -2.29. The average Bonchev–Trinajstić information content (AvgIpc) is 1.54. The third-order valence-electron chi connectivity index (χ3n) is 23.8. The van der Waals surface area contributed by atoms with Crippen LogP contribution in [-0.4, -0.2) is 39.0 Å². The van der Waals surface area contributed by atoms with Crippen LogP contribution in [0.25, 0.3) is 201 Å². The molecule has 15 aromatic carbocycles. The summed E-state index contributed by atoms with van der Waals surface area (Å²) in [5.74, 6) is 3.60. The molecule has 514 valence electrons. The molecule has 110 heavy (non-hydrogen) atoms. The predicted molar refractivity (Wildman–Crippen MR) is 447 cm³/mol. The monoisotopic (exact) mass is 1400 g/mol. The summed E-state index contributed by atoms with van der Waals surface area (Å²) in [6, 6.07) is 121. The Hall–Kier alpha value is -14.3. The van der Waals surface area contributed by atoms with E-state index in [-0.39, 0.29) is 5.41 Å². The van der Waals surface area contributed by atoms with Gasteiger partial charge in [-0.15, -0.1) is 0 Å². The number of hydrogen-bond acceptors (Lipinski definition) is 7. The molecule has 6 bridgehead atoms. The van der Waals surface area contributed by atoms with Gasteiger partial charge in [0.05, 0.1) is 27.8 Å². The van der Waals surface area contributed by atoms with E-state index in [1.807, 2.05) is 54.6 Å². The molecule has 0 spiro atoms. The van der Waals surface area contributed by atoms with Crippen molar-refractivity contribution in [2.75, 3.05) is 0 Å². The second kappa shape index (κ2) is 23.4. The summed E-state index contributed by atoms with van der Waals surface area (Å²) in [5.41, 5.74) is 30.4. The van der Waals surface area contributed by atoms with Gasteiger partial charge in [-0.1, -0.05) is 250 Å². The molecule has 0 saturated carbocycles. The van der Waals surface area contributed by atoms with Crippen LogP contribution in [0.2, 0.25) is 0 Å². The fourth-order valence-corrected chi connectivity index (χ4v) is 18.4. The molecular formula is C101H64N8O. The standard InChI is InChI=1S/C101H64N8O/c1-100(2)82-46-44-64(62-30-21-31-63(48-62)65-45-47-88-81(54-65)99-106-96(61-28-11-6-12-29-61)103-97(107-99)66-32-22-33-69(50-66)101(3)83-39-17-13-34-72(83)77-55-80-74-36-15-19-41-87(74)109(88)90(80)58-85(77)101)53-76(82)78-56-79-73-35-14-18-40-86(73)108(89(79)57-84(78)100)70-51-67(71-38-23-43-92-93(71)75-37-16-20-42-91(75)110-92)49-68(52-70)98-104-94(59-24-7-4-8-25-59)102-95(105-98)60-26-9-5-10-27-60/h4-58H,1-3H3. The Morgan fingerprint density at radius 2 is 0.709 bits per heavy atom. The molecule has 5 aromatic heterocycles. The van der Waals surface area contributed by atoms with E-state index in [2.05, 4.69) is 309 Å². The van der Waals surface area contributed by atoms with Gasteiger partial charge in [-0.3, -0.25) is 0 Å². The fraction of sp³-hybridized carbons (Fsp3) is 0.0495. The van der Waals surface area contributed by atoms with Gasteiger partial charge in [-0.2, -0.15) is 0 Å². The molecule has 6 heterocycles. The maximum Gasteiger partial charge on any atom is 0.166 e. The van der Waals surface area contributed by atoms with Gasteiger partial charge in [0.1, 0.15) is 11.2 Å². The van der Waals surface area contributed by atoms with Gasteiger partial charge >= 0.3 is 0 Å². The SMILES string of the molecule is CC1(C)c2ccc(-c3cccc(-c4ccc5c(c4)-c4nc(-c6ccccc6)nc(n4)-c4cccc(c4)C4(C)c6ccccc6-c6cc7c8ccccc8n-5c7cc64)c3)cc2-c2cc3c4ccccc4n(-c4cc(-c5nc(-c6ccccc6)nc(-c6ccccc6)n5)cc(-c5cccc6oc7ccccc7c56)c4)c3cc21. The highest BCUT2D eigenvalue weighted by atomic mass is 16.3. The molecule has 20 aromatic rings. The summed E-state index contributed by atoms with van der Waals surface area (Å²) in [5, 5.41) is 6.82. The third kappa shape index (κ3) is 9.21. The van der Waals surface area contributed by atoms with Gasteiger partial charge in [0.15, 0.2) is 34.9 Å². The number of hydrogen-bond donors (Lipinski definition) is 0. The summed E-state index contributed by atoms with van der Waals surface area (Å²) in [7, 11) is 0. The number of nitrogens with zero attached hydrogens (tertiary/aromatic N) is 8. The smallest absolute Gasteiger partial charge is 0.166 e. The first kappa shape index (κ1) is 62.0. The molecule has 1 atom stereocenters. The predicted octanol–water partition coefficient (Wildman–Crippen LogP) is 25.1. The van der Waals surface area contributed by atoms with Crippen molar-refractivity contribution in [1.82, 2.24) is 39.0 Å². The number of aromatic nitrogens is 8. The zero-order valence-corrected chi connectivity index (χ0v) is 60.2. The summed E-state index contributed by atoms with van der Waals surface area (Å²) >= 11 is 0. The highest BCUT2D eigenvalue weighted by Gasteiger charge is 2.43. The normalized spacial score (nSPS) is 14.2. The Bertz CT molecular complexity index is 7270. The molecule has 0 N–H and O–H groups in total. The minimum absolute atomic E-state index is 0.354. The zero-order valence-electron chi connectivity index (χ0n) is 60.2.